The summed E-state index contributed by atoms with van der Waals surface area (Å²) in [7, 11) is 0. The minimum atomic E-state index is -0.0637. The van der Waals surface area contributed by atoms with Gasteiger partial charge < -0.3 is 9.47 Å². The highest BCUT2D eigenvalue weighted by Gasteiger charge is 2.18. The van der Waals surface area contributed by atoms with Crippen LogP contribution in [0, 0.1) is 13.8 Å². The van der Waals surface area contributed by atoms with E-state index in [0.29, 0.717) is 23.7 Å². The van der Waals surface area contributed by atoms with Crippen molar-refractivity contribution in [1.29, 1.82) is 0 Å². The molecule has 0 N–H and O–H groups in total. The number of carbonyl (C=O) groups is 1. The predicted octanol–water partition coefficient (Wildman–Crippen LogP) is 4.60. The lowest BCUT2D eigenvalue weighted by molar-refractivity contribution is 0.0918. The first-order valence-corrected chi connectivity index (χ1v) is 9.46. The Morgan fingerprint density at radius 3 is 2.58 bits per heavy atom. The molecule has 0 spiro atoms. The Bertz CT molecular complexity index is 885. The molecule has 0 unspecified atom stereocenters. The fourth-order valence-electron chi connectivity index (χ4n) is 2.79. The topological polar surface area (TPSA) is 53.4 Å². The van der Waals surface area contributed by atoms with E-state index in [1.807, 2.05) is 61.1 Å². The first kappa shape index (κ1) is 18.2. The molecule has 0 saturated heterocycles. The van der Waals surface area contributed by atoms with Gasteiger partial charge in [-0.25, -0.2) is 4.98 Å². The van der Waals surface area contributed by atoms with Crippen molar-refractivity contribution in [3.8, 4) is 16.6 Å². The third kappa shape index (κ3) is 3.80. The van der Waals surface area contributed by atoms with Crippen LogP contribution in [0.2, 0.25) is 0 Å². The Hall–Kier alpha value is -2.60. The molecule has 0 fully saturated rings. The average Bonchev–Trinajstić information content (AvgIpc) is 3.26. The SMILES string of the molecule is CCCOc1ccccc1OCC(=O)c1cc(C)n(-c2nccs2)c1C. The van der Waals surface area contributed by atoms with Gasteiger partial charge in [-0.1, -0.05) is 19.1 Å². The number of aromatic nitrogens is 2. The highest BCUT2D eigenvalue weighted by molar-refractivity contribution is 7.12. The lowest BCUT2D eigenvalue weighted by Crippen LogP contribution is -2.13. The van der Waals surface area contributed by atoms with E-state index in [0.717, 1.165) is 22.9 Å². The largest absolute Gasteiger partial charge is 0.490 e. The van der Waals surface area contributed by atoms with Crippen LogP contribution in [0.25, 0.3) is 5.13 Å². The summed E-state index contributed by atoms with van der Waals surface area (Å²) in [6, 6.07) is 9.32. The molecule has 2 aromatic heterocycles. The Kier molecular flexibility index (Phi) is 5.73. The van der Waals surface area contributed by atoms with Crippen molar-refractivity contribution in [2.75, 3.05) is 13.2 Å². The van der Waals surface area contributed by atoms with Crippen LogP contribution < -0.4 is 9.47 Å². The van der Waals surface area contributed by atoms with Crippen LogP contribution >= 0.6 is 11.3 Å². The number of ether oxygens (including phenoxy) is 2. The van der Waals surface area contributed by atoms with Gasteiger partial charge in [0, 0.05) is 28.5 Å². The molecule has 1 aromatic carbocycles. The van der Waals surface area contributed by atoms with Crippen molar-refractivity contribution in [3.05, 3.63) is 58.9 Å². The molecule has 0 atom stereocenters. The van der Waals surface area contributed by atoms with Crippen LogP contribution in [0.3, 0.4) is 0 Å². The molecule has 136 valence electrons. The number of Topliss-reactive ketones (excluding diaryl/α,β-unsaturated/α-hetero) is 1. The van der Waals surface area contributed by atoms with E-state index in [1.165, 1.54) is 0 Å². The second kappa shape index (κ2) is 8.19. The molecule has 26 heavy (non-hydrogen) atoms. The monoisotopic (exact) mass is 370 g/mol. The lowest BCUT2D eigenvalue weighted by atomic mass is 10.1. The first-order chi connectivity index (χ1) is 12.6. The van der Waals surface area contributed by atoms with Gasteiger partial charge in [-0.05, 0) is 38.5 Å². The molecule has 6 heteroatoms. The highest BCUT2D eigenvalue weighted by atomic mass is 32.1. The van der Waals surface area contributed by atoms with Gasteiger partial charge in [0.25, 0.3) is 0 Å². The summed E-state index contributed by atoms with van der Waals surface area (Å²) in [5, 5.41) is 2.78. The van der Waals surface area contributed by atoms with Crippen molar-refractivity contribution < 1.29 is 14.3 Å². The van der Waals surface area contributed by atoms with Crippen molar-refractivity contribution in [3.63, 3.8) is 0 Å². The summed E-state index contributed by atoms with van der Waals surface area (Å²) in [4.78, 5) is 17.0. The molecule has 0 amide bonds. The molecule has 3 aromatic rings. The van der Waals surface area contributed by atoms with Gasteiger partial charge in [0.15, 0.2) is 23.2 Å². The number of thiazole rings is 1. The third-order valence-corrected chi connectivity index (χ3v) is 4.77. The number of benzene rings is 1. The van der Waals surface area contributed by atoms with Crippen LogP contribution in [0.4, 0.5) is 0 Å². The fraction of sp³-hybridized carbons (Fsp3) is 0.300. The Morgan fingerprint density at radius 1 is 1.19 bits per heavy atom. The van der Waals surface area contributed by atoms with Crippen LogP contribution in [-0.4, -0.2) is 28.5 Å². The van der Waals surface area contributed by atoms with Gasteiger partial charge in [-0.2, -0.15) is 0 Å². The summed E-state index contributed by atoms with van der Waals surface area (Å²) >= 11 is 1.54. The van der Waals surface area contributed by atoms with Crippen LogP contribution in [0.15, 0.2) is 41.9 Å². The maximum atomic E-state index is 12.7. The zero-order valence-corrected chi connectivity index (χ0v) is 16.0. The van der Waals surface area contributed by atoms with Gasteiger partial charge >= 0.3 is 0 Å². The zero-order valence-electron chi connectivity index (χ0n) is 15.2. The summed E-state index contributed by atoms with van der Waals surface area (Å²) in [5.74, 6) is 1.18. The Morgan fingerprint density at radius 2 is 1.92 bits per heavy atom. The molecular formula is C20H22N2O3S. The van der Waals surface area contributed by atoms with Gasteiger partial charge in [0.1, 0.15) is 0 Å². The molecule has 0 aliphatic rings. The zero-order chi connectivity index (χ0) is 18.5. The number of hydrogen-bond acceptors (Lipinski definition) is 5. The molecule has 3 rings (SSSR count). The predicted molar refractivity (Wildman–Crippen MR) is 103 cm³/mol. The number of rotatable bonds is 8. The number of carbonyl (C=O) groups excluding carboxylic acids is 1. The average molecular weight is 370 g/mol. The summed E-state index contributed by atoms with van der Waals surface area (Å²) in [6.07, 6.45) is 2.67. The third-order valence-electron chi connectivity index (χ3n) is 4.01. The van der Waals surface area contributed by atoms with Crippen LogP contribution in [-0.2, 0) is 0 Å². The van der Waals surface area contributed by atoms with E-state index in [-0.39, 0.29) is 12.4 Å². The number of nitrogens with zero attached hydrogens (tertiary/aromatic N) is 2. The smallest absolute Gasteiger partial charge is 0.202 e. The Balaban J connectivity index is 1.75. The molecule has 0 aliphatic heterocycles. The molecule has 0 radical (unpaired) electrons. The minimum Gasteiger partial charge on any atom is -0.490 e. The number of para-hydroxylation sites is 2. The van der Waals surface area contributed by atoms with Crippen molar-refractivity contribution in [2.24, 2.45) is 0 Å². The maximum Gasteiger partial charge on any atom is 0.202 e. The van der Waals surface area contributed by atoms with Crippen LogP contribution in [0.1, 0.15) is 35.1 Å². The molecule has 0 aliphatic carbocycles. The molecule has 0 saturated carbocycles. The fourth-order valence-corrected chi connectivity index (χ4v) is 3.54. The van der Waals surface area contributed by atoms with Gasteiger partial charge in [-0.3, -0.25) is 9.36 Å². The van der Waals surface area contributed by atoms with Crippen molar-refractivity contribution in [2.45, 2.75) is 27.2 Å². The Labute approximate surface area is 157 Å². The van der Waals surface area contributed by atoms with E-state index >= 15 is 0 Å². The van der Waals surface area contributed by atoms with E-state index in [1.54, 1.807) is 17.5 Å². The normalized spacial score (nSPS) is 10.7. The van der Waals surface area contributed by atoms with E-state index in [2.05, 4.69) is 4.98 Å². The summed E-state index contributed by atoms with van der Waals surface area (Å²) in [6.45, 7) is 6.53. The maximum absolute atomic E-state index is 12.7. The van der Waals surface area contributed by atoms with Crippen LogP contribution in [0.5, 0.6) is 11.5 Å². The van der Waals surface area contributed by atoms with Gasteiger partial charge in [-0.15, -0.1) is 11.3 Å². The van der Waals surface area contributed by atoms with E-state index in [4.69, 9.17) is 9.47 Å². The summed E-state index contributed by atoms with van der Waals surface area (Å²) < 4.78 is 13.4. The molecule has 2 heterocycles. The lowest BCUT2D eigenvalue weighted by Gasteiger charge is -2.11. The molecule has 5 nitrogen and oxygen atoms in total. The first-order valence-electron chi connectivity index (χ1n) is 8.58. The van der Waals surface area contributed by atoms with Crippen molar-refractivity contribution in [1.82, 2.24) is 9.55 Å². The highest BCUT2D eigenvalue weighted by Crippen LogP contribution is 2.27. The second-order valence-corrected chi connectivity index (χ2v) is 6.81. The van der Waals surface area contributed by atoms with Gasteiger partial charge in [0.05, 0.1) is 6.61 Å². The quantitative estimate of drug-likeness (QED) is 0.544. The number of hydrogen-bond donors (Lipinski definition) is 0. The van der Waals surface area contributed by atoms with Crippen molar-refractivity contribution >= 4 is 17.1 Å². The van der Waals surface area contributed by atoms with E-state index < -0.39 is 0 Å². The number of aryl methyl sites for hydroxylation is 1. The second-order valence-electron chi connectivity index (χ2n) is 5.94. The number of ketones is 1. The van der Waals surface area contributed by atoms with E-state index in [9.17, 15) is 4.79 Å². The van der Waals surface area contributed by atoms with Gasteiger partial charge in [0.2, 0.25) is 5.78 Å². The summed E-state index contributed by atoms with van der Waals surface area (Å²) in [5.41, 5.74) is 2.51. The minimum absolute atomic E-state index is 0.0331. The standard InChI is InChI=1S/C20H22N2O3S/c1-4-10-24-18-7-5-6-8-19(18)25-13-17(23)16-12-14(2)22(15(16)3)20-21-9-11-26-20/h5-9,11-12H,4,10,13H2,1-3H3. The molecular weight excluding hydrogens is 348 g/mol. The molecule has 0 bridgehead atoms.